The zero-order valence-electron chi connectivity index (χ0n) is 11.6. The van der Waals surface area contributed by atoms with Gasteiger partial charge >= 0.3 is 5.97 Å². The van der Waals surface area contributed by atoms with Crippen molar-refractivity contribution in [3.8, 4) is 0 Å². The van der Waals surface area contributed by atoms with E-state index in [9.17, 15) is 9.18 Å². The van der Waals surface area contributed by atoms with Crippen molar-refractivity contribution in [1.82, 2.24) is 14.6 Å². The van der Waals surface area contributed by atoms with E-state index < -0.39 is 5.97 Å². The number of ether oxygens (including phenoxy) is 1. The first-order chi connectivity index (χ1) is 10.7. The molecule has 2 heterocycles. The lowest BCUT2D eigenvalue weighted by Gasteiger charge is -2.09. The number of aromatic nitrogens is 3. The maximum Gasteiger partial charge on any atom is 0.337 e. The summed E-state index contributed by atoms with van der Waals surface area (Å²) in [5.41, 5.74) is 1.85. The lowest BCUT2D eigenvalue weighted by Crippen LogP contribution is -2.01. The van der Waals surface area contributed by atoms with Crippen molar-refractivity contribution < 1.29 is 13.9 Å². The van der Waals surface area contributed by atoms with Crippen LogP contribution in [0.15, 0.2) is 42.7 Å². The van der Waals surface area contributed by atoms with Gasteiger partial charge in [0, 0.05) is 10.8 Å². The van der Waals surface area contributed by atoms with Crippen molar-refractivity contribution in [3.05, 3.63) is 54.1 Å². The van der Waals surface area contributed by atoms with Gasteiger partial charge in [-0.3, -0.25) is 4.40 Å². The molecule has 0 aliphatic rings. The minimum Gasteiger partial charge on any atom is -0.465 e. The highest BCUT2D eigenvalue weighted by molar-refractivity contribution is 6.12. The standard InChI is InChI=1S/C16H10FN3O2/c1-22-16(21)9-2-5-14-13(6-9)12-7-10(17)3-4-11(12)15-19-18-8-20(14)15/h2-8H,1H3. The summed E-state index contributed by atoms with van der Waals surface area (Å²) in [6.45, 7) is 0. The molecule has 0 saturated carbocycles. The largest absolute Gasteiger partial charge is 0.465 e. The van der Waals surface area contributed by atoms with E-state index in [0.717, 1.165) is 16.3 Å². The van der Waals surface area contributed by atoms with Gasteiger partial charge < -0.3 is 4.74 Å². The van der Waals surface area contributed by atoms with Gasteiger partial charge in [0.2, 0.25) is 0 Å². The third-order valence-electron chi connectivity index (χ3n) is 3.74. The number of benzene rings is 2. The normalized spacial score (nSPS) is 11.4. The molecule has 0 atom stereocenters. The first-order valence-corrected chi connectivity index (χ1v) is 6.62. The van der Waals surface area contributed by atoms with E-state index in [1.54, 1.807) is 30.6 Å². The molecule has 0 radical (unpaired) electrons. The van der Waals surface area contributed by atoms with E-state index in [4.69, 9.17) is 4.74 Å². The summed E-state index contributed by atoms with van der Waals surface area (Å²) in [6, 6.07) is 9.63. The number of pyridine rings is 1. The molecule has 0 fully saturated rings. The summed E-state index contributed by atoms with van der Waals surface area (Å²) < 4.78 is 20.2. The Hall–Kier alpha value is -3.02. The summed E-state index contributed by atoms with van der Waals surface area (Å²) in [7, 11) is 1.33. The fourth-order valence-corrected chi connectivity index (χ4v) is 2.74. The SMILES string of the molecule is COC(=O)c1ccc2c(c1)c1cc(F)ccc1c1nncn21. The van der Waals surface area contributed by atoms with Gasteiger partial charge in [-0.1, -0.05) is 0 Å². The smallest absolute Gasteiger partial charge is 0.337 e. The minimum absolute atomic E-state index is 0.346. The van der Waals surface area contributed by atoms with Crippen molar-refractivity contribution in [2.24, 2.45) is 0 Å². The van der Waals surface area contributed by atoms with Crippen LogP contribution in [0.2, 0.25) is 0 Å². The zero-order chi connectivity index (χ0) is 15.3. The van der Waals surface area contributed by atoms with Crippen molar-refractivity contribution in [1.29, 1.82) is 0 Å². The maximum atomic E-state index is 13.7. The Morgan fingerprint density at radius 1 is 1.14 bits per heavy atom. The molecule has 4 aromatic rings. The molecule has 0 spiro atoms. The molecule has 4 rings (SSSR count). The number of carbonyl (C=O) groups is 1. The molecule has 6 heteroatoms. The van der Waals surface area contributed by atoms with Crippen LogP contribution in [0.5, 0.6) is 0 Å². The van der Waals surface area contributed by atoms with Crippen molar-refractivity contribution in [2.75, 3.05) is 7.11 Å². The monoisotopic (exact) mass is 295 g/mol. The Bertz CT molecular complexity index is 1060. The number of fused-ring (bicyclic) bond motifs is 6. The second-order valence-electron chi connectivity index (χ2n) is 4.94. The maximum absolute atomic E-state index is 13.7. The first-order valence-electron chi connectivity index (χ1n) is 6.62. The summed E-state index contributed by atoms with van der Waals surface area (Å²) in [4.78, 5) is 11.7. The number of hydrogen-bond acceptors (Lipinski definition) is 4. The molecule has 0 N–H and O–H groups in total. The third-order valence-corrected chi connectivity index (χ3v) is 3.74. The predicted octanol–water partition coefficient (Wildman–Crippen LogP) is 2.96. The quantitative estimate of drug-likeness (QED) is 0.400. The highest BCUT2D eigenvalue weighted by Crippen LogP contribution is 2.29. The van der Waals surface area contributed by atoms with E-state index in [2.05, 4.69) is 10.2 Å². The minimum atomic E-state index is -0.435. The molecule has 108 valence electrons. The zero-order valence-corrected chi connectivity index (χ0v) is 11.6. The van der Waals surface area contributed by atoms with Crippen LogP contribution in [0, 0.1) is 5.82 Å². The molecule has 2 aromatic carbocycles. The lowest BCUT2D eigenvalue weighted by atomic mass is 10.0. The first kappa shape index (κ1) is 12.7. The van der Waals surface area contributed by atoms with Crippen LogP contribution in [-0.2, 0) is 4.74 Å². The second-order valence-corrected chi connectivity index (χ2v) is 4.94. The Labute approximate surface area is 123 Å². The molecular weight excluding hydrogens is 285 g/mol. The van der Waals surface area contributed by atoms with E-state index in [0.29, 0.717) is 16.6 Å². The van der Waals surface area contributed by atoms with Gasteiger partial charge in [0.05, 0.1) is 18.2 Å². The fourth-order valence-electron chi connectivity index (χ4n) is 2.74. The summed E-state index contributed by atoms with van der Waals surface area (Å²) in [6.07, 6.45) is 1.60. The summed E-state index contributed by atoms with van der Waals surface area (Å²) in [5.74, 6) is -0.781. The number of halogens is 1. The van der Waals surface area contributed by atoms with Crippen LogP contribution in [0.4, 0.5) is 4.39 Å². The third kappa shape index (κ3) is 1.67. The number of nitrogens with zero attached hydrogens (tertiary/aromatic N) is 3. The highest BCUT2D eigenvalue weighted by Gasteiger charge is 2.13. The highest BCUT2D eigenvalue weighted by atomic mass is 19.1. The fraction of sp³-hybridized carbons (Fsp3) is 0.0625. The molecule has 0 bridgehead atoms. The second kappa shape index (κ2) is 4.49. The van der Waals surface area contributed by atoms with E-state index in [-0.39, 0.29) is 5.82 Å². The Morgan fingerprint density at radius 3 is 2.82 bits per heavy atom. The molecular formula is C16H10FN3O2. The number of carbonyl (C=O) groups excluding carboxylic acids is 1. The van der Waals surface area contributed by atoms with Crippen molar-refractivity contribution >= 4 is 33.3 Å². The Kier molecular flexibility index (Phi) is 2.59. The van der Waals surface area contributed by atoms with Gasteiger partial charge in [0.25, 0.3) is 0 Å². The summed E-state index contributed by atoms with van der Waals surface area (Å²) in [5, 5.41) is 10.2. The molecule has 0 unspecified atom stereocenters. The molecule has 2 aromatic heterocycles. The predicted molar refractivity (Wildman–Crippen MR) is 79.3 cm³/mol. The molecule has 5 nitrogen and oxygen atoms in total. The van der Waals surface area contributed by atoms with Gasteiger partial charge in [-0.15, -0.1) is 10.2 Å². The Morgan fingerprint density at radius 2 is 2.00 bits per heavy atom. The number of esters is 1. The molecule has 0 aliphatic heterocycles. The summed E-state index contributed by atoms with van der Waals surface area (Å²) >= 11 is 0. The van der Waals surface area contributed by atoms with Crippen LogP contribution < -0.4 is 0 Å². The van der Waals surface area contributed by atoms with Crippen LogP contribution in [0.25, 0.3) is 27.3 Å². The van der Waals surface area contributed by atoms with Gasteiger partial charge in [0.1, 0.15) is 12.1 Å². The van der Waals surface area contributed by atoms with E-state index in [1.807, 2.05) is 4.40 Å². The van der Waals surface area contributed by atoms with E-state index in [1.165, 1.54) is 19.2 Å². The molecule has 0 aliphatic carbocycles. The topological polar surface area (TPSA) is 56.5 Å². The number of hydrogen-bond donors (Lipinski definition) is 0. The van der Waals surface area contributed by atoms with Crippen molar-refractivity contribution in [2.45, 2.75) is 0 Å². The van der Waals surface area contributed by atoms with Gasteiger partial charge in [-0.05, 0) is 41.8 Å². The molecule has 22 heavy (non-hydrogen) atoms. The molecule has 0 saturated heterocycles. The average molecular weight is 295 g/mol. The number of rotatable bonds is 1. The van der Waals surface area contributed by atoms with Crippen LogP contribution >= 0.6 is 0 Å². The van der Waals surface area contributed by atoms with Crippen LogP contribution in [0.3, 0.4) is 0 Å². The van der Waals surface area contributed by atoms with Crippen molar-refractivity contribution in [3.63, 3.8) is 0 Å². The van der Waals surface area contributed by atoms with Crippen LogP contribution in [0.1, 0.15) is 10.4 Å². The molecule has 0 amide bonds. The average Bonchev–Trinajstić information content (AvgIpc) is 3.03. The van der Waals surface area contributed by atoms with Gasteiger partial charge in [-0.2, -0.15) is 0 Å². The van der Waals surface area contributed by atoms with E-state index >= 15 is 0 Å². The lowest BCUT2D eigenvalue weighted by molar-refractivity contribution is 0.0601. The number of methoxy groups -OCH3 is 1. The van der Waals surface area contributed by atoms with Gasteiger partial charge in [-0.25, -0.2) is 9.18 Å². The van der Waals surface area contributed by atoms with Crippen LogP contribution in [-0.4, -0.2) is 27.7 Å². The van der Waals surface area contributed by atoms with Gasteiger partial charge in [0.15, 0.2) is 5.65 Å². The Balaban J connectivity index is 2.24.